The van der Waals surface area contributed by atoms with Crippen molar-refractivity contribution < 1.29 is 9.53 Å². The lowest BCUT2D eigenvalue weighted by molar-refractivity contribution is -0.118. The molecule has 0 heterocycles. The Labute approximate surface area is 108 Å². The molecule has 0 fully saturated rings. The Hall–Kier alpha value is -2.02. The zero-order chi connectivity index (χ0) is 13.4. The monoisotopic (exact) mass is 246 g/mol. The number of anilines is 1. The Balaban J connectivity index is 2.84. The second-order valence-electron chi connectivity index (χ2n) is 3.73. The third-order valence-electron chi connectivity index (χ3n) is 2.51. The second-order valence-corrected chi connectivity index (χ2v) is 3.73. The quantitative estimate of drug-likeness (QED) is 0.775. The van der Waals surface area contributed by atoms with Crippen molar-refractivity contribution >= 4 is 11.6 Å². The standard InChI is InChI=1S/C14H18N2O2/c1-3-14(17)16(11-5-10-15)12-6-8-13(9-7-12)18-4-2/h6-9H,3-5,11H2,1-2H3. The molecule has 0 spiro atoms. The van der Waals surface area contributed by atoms with Gasteiger partial charge in [-0.15, -0.1) is 0 Å². The predicted molar refractivity (Wildman–Crippen MR) is 70.5 cm³/mol. The Morgan fingerprint density at radius 1 is 1.33 bits per heavy atom. The van der Waals surface area contributed by atoms with Gasteiger partial charge in [-0.1, -0.05) is 6.92 Å². The average molecular weight is 246 g/mol. The number of hydrogen-bond donors (Lipinski definition) is 0. The first kappa shape index (κ1) is 14.0. The summed E-state index contributed by atoms with van der Waals surface area (Å²) in [5, 5.41) is 8.62. The van der Waals surface area contributed by atoms with Gasteiger partial charge in [0.15, 0.2) is 0 Å². The van der Waals surface area contributed by atoms with Gasteiger partial charge in [-0.05, 0) is 31.2 Å². The molecule has 1 aromatic rings. The van der Waals surface area contributed by atoms with Gasteiger partial charge >= 0.3 is 0 Å². The molecule has 0 radical (unpaired) electrons. The highest BCUT2D eigenvalue weighted by Crippen LogP contribution is 2.20. The number of rotatable bonds is 6. The van der Waals surface area contributed by atoms with Crippen LogP contribution in [0, 0.1) is 11.3 Å². The summed E-state index contributed by atoms with van der Waals surface area (Å²) in [7, 11) is 0. The van der Waals surface area contributed by atoms with E-state index in [9.17, 15) is 4.79 Å². The number of amides is 1. The van der Waals surface area contributed by atoms with Gasteiger partial charge in [-0.2, -0.15) is 5.26 Å². The summed E-state index contributed by atoms with van der Waals surface area (Å²) in [6.07, 6.45) is 0.761. The van der Waals surface area contributed by atoms with Crippen LogP contribution in [0.15, 0.2) is 24.3 Å². The smallest absolute Gasteiger partial charge is 0.226 e. The van der Waals surface area contributed by atoms with Crippen molar-refractivity contribution in [3.63, 3.8) is 0 Å². The Bertz CT molecular complexity index is 420. The SMILES string of the molecule is CCOc1ccc(N(CCC#N)C(=O)CC)cc1. The molecule has 0 N–H and O–H groups in total. The number of ether oxygens (including phenoxy) is 1. The van der Waals surface area contributed by atoms with E-state index in [-0.39, 0.29) is 5.91 Å². The van der Waals surface area contributed by atoms with Gasteiger partial charge < -0.3 is 9.64 Å². The van der Waals surface area contributed by atoms with E-state index in [1.807, 2.05) is 38.1 Å². The van der Waals surface area contributed by atoms with Crippen LogP contribution >= 0.6 is 0 Å². The van der Waals surface area contributed by atoms with E-state index in [0.717, 1.165) is 11.4 Å². The molecule has 1 aromatic carbocycles. The van der Waals surface area contributed by atoms with E-state index in [1.54, 1.807) is 4.90 Å². The first-order valence-corrected chi connectivity index (χ1v) is 6.13. The van der Waals surface area contributed by atoms with Crippen molar-refractivity contribution in [1.82, 2.24) is 0 Å². The minimum absolute atomic E-state index is 0.0226. The Morgan fingerprint density at radius 3 is 2.50 bits per heavy atom. The van der Waals surface area contributed by atoms with Crippen molar-refractivity contribution in [3.8, 4) is 11.8 Å². The fraction of sp³-hybridized carbons (Fsp3) is 0.429. The highest BCUT2D eigenvalue weighted by molar-refractivity contribution is 5.93. The van der Waals surface area contributed by atoms with Crippen LogP contribution in [0.3, 0.4) is 0 Å². The highest BCUT2D eigenvalue weighted by atomic mass is 16.5. The highest BCUT2D eigenvalue weighted by Gasteiger charge is 2.13. The number of carbonyl (C=O) groups is 1. The lowest BCUT2D eigenvalue weighted by atomic mass is 10.2. The number of nitrogens with zero attached hydrogens (tertiary/aromatic N) is 2. The normalized spacial score (nSPS) is 9.61. The maximum Gasteiger partial charge on any atom is 0.226 e. The van der Waals surface area contributed by atoms with Crippen molar-refractivity contribution in [2.45, 2.75) is 26.7 Å². The first-order valence-electron chi connectivity index (χ1n) is 6.13. The van der Waals surface area contributed by atoms with Crippen molar-refractivity contribution in [2.75, 3.05) is 18.1 Å². The fourth-order valence-electron chi connectivity index (χ4n) is 1.64. The molecule has 0 unspecified atom stereocenters. The zero-order valence-electron chi connectivity index (χ0n) is 10.8. The molecule has 0 aliphatic carbocycles. The molecule has 0 saturated heterocycles. The minimum Gasteiger partial charge on any atom is -0.494 e. The number of carbonyl (C=O) groups excluding carboxylic acids is 1. The summed E-state index contributed by atoms with van der Waals surface area (Å²) in [6, 6.07) is 9.42. The minimum atomic E-state index is 0.0226. The Kier molecular flexibility index (Phi) is 5.72. The molecule has 0 aliphatic rings. The van der Waals surface area contributed by atoms with Crippen LogP contribution in [0.25, 0.3) is 0 Å². The van der Waals surface area contributed by atoms with Gasteiger partial charge in [0.2, 0.25) is 5.91 Å². The van der Waals surface area contributed by atoms with E-state index in [4.69, 9.17) is 10.00 Å². The number of benzene rings is 1. The largest absolute Gasteiger partial charge is 0.494 e. The number of nitriles is 1. The molecule has 1 amide bonds. The van der Waals surface area contributed by atoms with Gasteiger partial charge in [0.05, 0.1) is 19.1 Å². The van der Waals surface area contributed by atoms with Crippen LogP contribution in [-0.4, -0.2) is 19.1 Å². The lowest BCUT2D eigenvalue weighted by Crippen LogP contribution is -2.30. The topological polar surface area (TPSA) is 53.3 Å². The molecule has 18 heavy (non-hydrogen) atoms. The van der Waals surface area contributed by atoms with Gasteiger partial charge in [-0.25, -0.2) is 0 Å². The van der Waals surface area contributed by atoms with Gasteiger partial charge in [0.1, 0.15) is 5.75 Å². The predicted octanol–water partition coefficient (Wildman–Crippen LogP) is 2.74. The van der Waals surface area contributed by atoms with Crippen molar-refractivity contribution in [1.29, 1.82) is 5.26 Å². The van der Waals surface area contributed by atoms with Gasteiger partial charge in [0.25, 0.3) is 0 Å². The van der Waals surface area contributed by atoms with Crippen LogP contribution in [0.5, 0.6) is 5.75 Å². The summed E-state index contributed by atoms with van der Waals surface area (Å²) in [4.78, 5) is 13.5. The summed E-state index contributed by atoms with van der Waals surface area (Å²) in [6.45, 7) is 4.78. The van der Waals surface area contributed by atoms with E-state index in [2.05, 4.69) is 6.07 Å². The average Bonchev–Trinajstić information content (AvgIpc) is 2.41. The molecular weight excluding hydrogens is 228 g/mol. The molecule has 4 nitrogen and oxygen atoms in total. The third-order valence-corrected chi connectivity index (χ3v) is 2.51. The van der Waals surface area contributed by atoms with Crippen molar-refractivity contribution in [3.05, 3.63) is 24.3 Å². The summed E-state index contributed by atoms with van der Waals surface area (Å²) in [5.74, 6) is 0.805. The van der Waals surface area contributed by atoms with E-state index in [1.165, 1.54) is 0 Å². The molecule has 0 saturated carbocycles. The van der Waals surface area contributed by atoms with Crippen LogP contribution in [-0.2, 0) is 4.79 Å². The van der Waals surface area contributed by atoms with E-state index < -0.39 is 0 Å². The van der Waals surface area contributed by atoms with Crippen LogP contribution in [0.1, 0.15) is 26.7 Å². The molecule has 1 rings (SSSR count). The summed E-state index contributed by atoms with van der Waals surface area (Å²) >= 11 is 0. The first-order chi connectivity index (χ1) is 8.72. The molecule has 0 aliphatic heterocycles. The third kappa shape index (κ3) is 3.77. The van der Waals surface area contributed by atoms with Crippen molar-refractivity contribution in [2.24, 2.45) is 0 Å². The van der Waals surface area contributed by atoms with Gasteiger partial charge in [0, 0.05) is 18.7 Å². The zero-order valence-corrected chi connectivity index (χ0v) is 10.8. The summed E-state index contributed by atoms with van der Waals surface area (Å²) < 4.78 is 5.35. The van der Waals surface area contributed by atoms with Crippen LogP contribution in [0.2, 0.25) is 0 Å². The lowest BCUT2D eigenvalue weighted by Gasteiger charge is -2.21. The maximum atomic E-state index is 11.8. The van der Waals surface area contributed by atoms with Gasteiger partial charge in [-0.3, -0.25) is 4.79 Å². The second kappa shape index (κ2) is 7.33. The number of hydrogen-bond acceptors (Lipinski definition) is 3. The summed E-state index contributed by atoms with van der Waals surface area (Å²) in [5.41, 5.74) is 0.806. The molecule has 4 heteroatoms. The van der Waals surface area contributed by atoms with E-state index >= 15 is 0 Å². The van der Waals surface area contributed by atoms with E-state index in [0.29, 0.717) is 26.0 Å². The molecule has 0 bridgehead atoms. The maximum absolute atomic E-state index is 11.8. The van der Waals surface area contributed by atoms with Crippen LogP contribution < -0.4 is 9.64 Å². The molecular formula is C14H18N2O2. The molecule has 0 atom stereocenters. The Morgan fingerprint density at radius 2 is 2.00 bits per heavy atom. The van der Waals surface area contributed by atoms with Crippen LogP contribution in [0.4, 0.5) is 5.69 Å². The molecule has 96 valence electrons. The molecule has 0 aromatic heterocycles. The fourth-order valence-corrected chi connectivity index (χ4v) is 1.64.